The predicted octanol–water partition coefficient (Wildman–Crippen LogP) is 2.53. The zero-order valence-electron chi connectivity index (χ0n) is 12.3. The summed E-state index contributed by atoms with van der Waals surface area (Å²) in [5.41, 5.74) is -0.580. The summed E-state index contributed by atoms with van der Waals surface area (Å²) in [7, 11) is 0. The zero-order chi connectivity index (χ0) is 14.3. The molecule has 4 heteroatoms. The minimum atomic E-state index is -0.673. The molecule has 2 saturated carbocycles. The van der Waals surface area contributed by atoms with Crippen LogP contribution in [-0.4, -0.2) is 35.0 Å². The Morgan fingerprint density at radius 2 is 1.75 bits per heavy atom. The van der Waals surface area contributed by atoms with Gasteiger partial charge in [0.25, 0.3) is 0 Å². The third-order valence-corrected chi connectivity index (χ3v) is 5.81. The van der Waals surface area contributed by atoms with Crippen LogP contribution in [0.5, 0.6) is 0 Å². The molecule has 1 saturated heterocycles. The maximum absolute atomic E-state index is 12.5. The van der Waals surface area contributed by atoms with Gasteiger partial charge in [0, 0.05) is 19.0 Å². The first kappa shape index (κ1) is 13.9. The van der Waals surface area contributed by atoms with Crippen LogP contribution >= 0.6 is 0 Å². The maximum Gasteiger partial charge on any atom is 0.309 e. The normalized spacial score (nSPS) is 34.6. The van der Waals surface area contributed by atoms with Crippen LogP contribution in [0.3, 0.4) is 0 Å². The Balaban J connectivity index is 1.57. The number of amides is 1. The van der Waals surface area contributed by atoms with E-state index in [1.165, 1.54) is 6.42 Å². The number of piperidine rings is 1. The highest BCUT2D eigenvalue weighted by Gasteiger charge is 2.50. The van der Waals surface area contributed by atoms with E-state index in [0.29, 0.717) is 31.8 Å². The highest BCUT2D eigenvalue weighted by Crippen LogP contribution is 2.54. The Morgan fingerprint density at radius 1 is 1.15 bits per heavy atom. The van der Waals surface area contributed by atoms with Crippen LogP contribution in [0.4, 0.5) is 0 Å². The number of likely N-dealkylation sites (tertiary alicyclic amines) is 1. The molecule has 2 atom stereocenters. The van der Waals surface area contributed by atoms with Crippen LogP contribution in [0.2, 0.25) is 0 Å². The fraction of sp³-hybridized carbons (Fsp3) is 0.875. The largest absolute Gasteiger partial charge is 0.481 e. The lowest BCUT2D eigenvalue weighted by atomic mass is 9.75. The summed E-state index contributed by atoms with van der Waals surface area (Å²) < 4.78 is 0. The van der Waals surface area contributed by atoms with Crippen LogP contribution in [0.25, 0.3) is 0 Å². The molecule has 0 bridgehead atoms. The van der Waals surface area contributed by atoms with Crippen molar-refractivity contribution in [3.63, 3.8) is 0 Å². The molecule has 1 N–H and O–H groups in total. The first-order valence-corrected chi connectivity index (χ1v) is 8.08. The fourth-order valence-corrected chi connectivity index (χ4v) is 4.38. The smallest absolute Gasteiger partial charge is 0.309 e. The summed E-state index contributed by atoms with van der Waals surface area (Å²) in [6.07, 6.45) is 6.38. The van der Waals surface area contributed by atoms with Gasteiger partial charge in [-0.3, -0.25) is 9.59 Å². The number of carbonyl (C=O) groups is 2. The summed E-state index contributed by atoms with van der Waals surface area (Å²) in [5, 5.41) is 9.49. The quantitative estimate of drug-likeness (QED) is 0.860. The van der Waals surface area contributed by atoms with Crippen molar-refractivity contribution in [2.75, 3.05) is 13.1 Å². The van der Waals surface area contributed by atoms with E-state index in [9.17, 15) is 14.7 Å². The Bertz CT molecular complexity index is 402. The molecule has 20 heavy (non-hydrogen) atoms. The van der Waals surface area contributed by atoms with Gasteiger partial charge in [-0.1, -0.05) is 13.3 Å². The standard InChI is InChI=1S/C16H25NO3/c1-2-3-16(15(19)20)4-6-17(7-5-16)14(18)13-9-11-8-12(11)10-13/h11-13H,2-10H2,1H3,(H,19,20). The van der Waals surface area contributed by atoms with Crippen LogP contribution < -0.4 is 0 Å². The van der Waals surface area contributed by atoms with Crippen molar-refractivity contribution < 1.29 is 14.7 Å². The van der Waals surface area contributed by atoms with E-state index in [0.717, 1.165) is 37.5 Å². The Labute approximate surface area is 120 Å². The molecule has 3 fully saturated rings. The molecule has 3 rings (SSSR count). The second-order valence-electron chi connectivity index (χ2n) is 7.08. The first-order valence-electron chi connectivity index (χ1n) is 8.08. The molecule has 4 nitrogen and oxygen atoms in total. The van der Waals surface area contributed by atoms with E-state index in [4.69, 9.17) is 0 Å². The molecule has 0 spiro atoms. The molecule has 1 aliphatic heterocycles. The molecule has 1 heterocycles. The topological polar surface area (TPSA) is 57.6 Å². The van der Waals surface area contributed by atoms with Crippen molar-refractivity contribution in [1.29, 1.82) is 0 Å². The average Bonchev–Trinajstić information content (AvgIpc) is 3.05. The lowest BCUT2D eigenvalue weighted by Crippen LogP contribution is -2.48. The maximum atomic E-state index is 12.5. The molecule has 2 unspecified atom stereocenters. The summed E-state index contributed by atoms with van der Waals surface area (Å²) in [6, 6.07) is 0. The van der Waals surface area contributed by atoms with Gasteiger partial charge >= 0.3 is 5.97 Å². The fourth-order valence-electron chi connectivity index (χ4n) is 4.38. The number of hydrogen-bond donors (Lipinski definition) is 1. The number of aliphatic carboxylic acids is 1. The van der Waals surface area contributed by atoms with E-state index in [2.05, 4.69) is 0 Å². The highest BCUT2D eigenvalue weighted by molar-refractivity contribution is 5.80. The number of carboxylic acid groups (broad SMARTS) is 1. The van der Waals surface area contributed by atoms with Crippen molar-refractivity contribution in [3.05, 3.63) is 0 Å². The summed E-state index contributed by atoms with van der Waals surface area (Å²) in [4.78, 5) is 26.0. The van der Waals surface area contributed by atoms with Gasteiger partial charge in [0.2, 0.25) is 5.91 Å². The highest BCUT2D eigenvalue weighted by atomic mass is 16.4. The number of nitrogens with zero attached hydrogens (tertiary/aromatic N) is 1. The second kappa shape index (κ2) is 5.05. The molecule has 0 aromatic carbocycles. The van der Waals surface area contributed by atoms with Gasteiger partial charge in [-0.25, -0.2) is 0 Å². The van der Waals surface area contributed by atoms with Crippen molar-refractivity contribution in [3.8, 4) is 0 Å². The van der Waals surface area contributed by atoms with Crippen LogP contribution in [0, 0.1) is 23.2 Å². The van der Waals surface area contributed by atoms with Crippen molar-refractivity contribution in [2.24, 2.45) is 23.2 Å². The first-order chi connectivity index (χ1) is 9.55. The molecule has 0 aromatic rings. The number of carbonyl (C=O) groups excluding carboxylic acids is 1. The molecule has 112 valence electrons. The SMILES string of the molecule is CCCC1(C(=O)O)CCN(C(=O)C2CC3CC3C2)CC1. The summed E-state index contributed by atoms with van der Waals surface area (Å²) >= 11 is 0. The van der Waals surface area contributed by atoms with Gasteiger partial charge in [0.15, 0.2) is 0 Å². The Morgan fingerprint density at radius 3 is 2.25 bits per heavy atom. The Kier molecular flexibility index (Phi) is 3.51. The van der Waals surface area contributed by atoms with Crippen molar-refractivity contribution >= 4 is 11.9 Å². The van der Waals surface area contributed by atoms with Crippen LogP contribution in [0.1, 0.15) is 51.9 Å². The van der Waals surface area contributed by atoms with Gasteiger partial charge in [-0.2, -0.15) is 0 Å². The molecule has 2 aliphatic carbocycles. The summed E-state index contributed by atoms with van der Waals surface area (Å²) in [6.45, 7) is 3.31. The van der Waals surface area contributed by atoms with Gasteiger partial charge < -0.3 is 10.0 Å². The molecule has 0 radical (unpaired) electrons. The van der Waals surface area contributed by atoms with E-state index in [-0.39, 0.29) is 5.92 Å². The minimum Gasteiger partial charge on any atom is -0.481 e. The molecule has 0 aromatic heterocycles. The molecule has 1 amide bonds. The van der Waals surface area contributed by atoms with Gasteiger partial charge in [-0.15, -0.1) is 0 Å². The molecular formula is C16H25NO3. The lowest BCUT2D eigenvalue weighted by Gasteiger charge is -2.39. The third kappa shape index (κ3) is 2.33. The molecule has 3 aliphatic rings. The van der Waals surface area contributed by atoms with Crippen LogP contribution in [0.15, 0.2) is 0 Å². The van der Waals surface area contributed by atoms with Gasteiger partial charge in [-0.05, 0) is 50.4 Å². The lowest BCUT2D eigenvalue weighted by molar-refractivity contribution is -0.155. The van der Waals surface area contributed by atoms with Gasteiger partial charge in [0.05, 0.1) is 5.41 Å². The van der Waals surface area contributed by atoms with E-state index in [1.54, 1.807) is 0 Å². The minimum absolute atomic E-state index is 0.238. The number of rotatable bonds is 4. The van der Waals surface area contributed by atoms with E-state index in [1.807, 2.05) is 11.8 Å². The second-order valence-corrected chi connectivity index (χ2v) is 7.08. The monoisotopic (exact) mass is 279 g/mol. The van der Waals surface area contributed by atoms with E-state index >= 15 is 0 Å². The number of fused-ring (bicyclic) bond motifs is 1. The molecular weight excluding hydrogens is 254 g/mol. The summed E-state index contributed by atoms with van der Waals surface area (Å²) in [5.74, 6) is 1.52. The van der Waals surface area contributed by atoms with Crippen molar-refractivity contribution in [1.82, 2.24) is 4.90 Å². The number of carboxylic acids is 1. The van der Waals surface area contributed by atoms with Gasteiger partial charge in [0.1, 0.15) is 0 Å². The zero-order valence-corrected chi connectivity index (χ0v) is 12.3. The third-order valence-electron chi connectivity index (χ3n) is 5.81. The predicted molar refractivity (Wildman–Crippen MR) is 75.1 cm³/mol. The van der Waals surface area contributed by atoms with Crippen molar-refractivity contribution in [2.45, 2.75) is 51.9 Å². The average molecular weight is 279 g/mol. The number of hydrogen-bond acceptors (Lipinski definition) is 2. The van der Waals surface area contributed by atoms with E-state index < -0.39 is 11.4 Å². The Hall–Kier alpha value is -1.06. The van der Waals surface area contributed by atoms with Crippen LogP contribution in [-0.2, 0) is 9.59 Å².